The Kier molecular flexibility index (Phi) is 12.9. The summed E-state index contributed by atoms with van der Waals surface area (Å²) < 4.78 is 28.0. The molecule has 2 N–H and O–H groups in total. The summed E-state index contributed by atoms with van der Waals surface area (Å²) in [5, 5.41) is 2.55. The largest absolute Gasteiger partial charge is 0.566 e. The minimum atomic E-state index is -3.15. The topological polar surface area (TPSA) is 153 Å². The number of carbonyl (C=O) groups is 2. The van der Waals surface area contributed by atoms with Crippen molar-refractivity contribution >= 4 is 25.9 Å². The van der Waals surface area contributed by atoms with Crippen molar-refractivity contribution in [3.63, 3.8) is 0 Å². The molecule has 2 aromatic carbocycles. The first kappa shape index (κ1) is 32.7. The van der Waals surface area contributed by atoms with Gasteiger partial charge in [0.1, 0.15) is 30.9 Å². The molecule has 13 heteroatoms. The molecule has 224 valence electrons. The molecule has 1 amide bonds. The number of nitrogens with one attached hydrogen (secondary N) is 2. The van der Waals surface area contributed by atoms with Crippen LogP contribution >= 0.6 is 8.25 Å². The standard InChI is InChI=1S/C23H20N3O8P.C6H15N/c27-21(15-7-3-1-4-8-15)24-19-11-12-26(23(29)25-19)20-13-17(18(33-20)14-32-35(30)31)34-22(28)16-9-5-2-6-10-16;1-4-7(5-2)6-3/h1-12,17-18,20H,13-14H2,(H,24,25,27,29);4-6H2,1-3H3/p+1/t17-,18+,20+;/m0./s1. The van der Waals surface area contributed by atoms with Crippen LogP contribution in [0.3, 0.4) is 0 Å². The molecule has 0 radical (unpaired) electrons. The van der Waals surface area contributed by atoms with Gasteiger partial charge in [0.05, 0.1) is 25.2 Å². The number of hydrogen-bond donors (Lipinski definition) is 2. The van der Waals surface area contributed by atoms with E-state index in [2.05, 4.69) is 35.6 Å². The monoisotopic (exact) mass is 599 g/mol. The maximum absolute atomic E-state index is 12.7. The minimum absolute atomic E-state index is 0.0494. The van der Waals surface area contributed by atoms with E-state index in [0.29, 0.717) is 11.1 Å². The van der Waals surface area contributed by atoms with E-state index in [4.69, 9.17) is 9.47 Å². The van der Waals surface area contributed by atoms with Crippen molar-refractivity contribution in [3.8, 4) is 0 Å². The van der Waals surface area contributed by atoms with Crippen molar-refractivity contribution in [2.45, 2.75) is 45.6 Å². The van der Waals surface area contributed by atoms with Gasteiger partial charge in [0.2, 0.25) is 0 Å². The van der Waals surface area contributed by atoms with Crippen LogP contribution in [0.2, 0.25) is 0 Å². The Bertz CT molecular complexity index is 1360. The lowest BCUT2D eigenvalue weighted by Crippen LogP contribution is -3.11. The maximum atomic E-state index is 12.7. The highest BCUT2D eigenvalue weighted by Crippen LogP contribution is 2.32. The van der Waals surface area contributed by atoms with Gasteiger partial charge in [-0.15, -0.1) is 4.52 Å². The first-order valence-electron chi connectivity index (χ1n) is 13.7. The molecule has 0 saturated carbocycles. The van der Waals surface area contributed by atoms with E-state index in [1.165, 1.54) is 36.5 Å². The third kappa shape index (κ3) is 9.64. The van der Waals surface area contributed by atoms with Crippen LogP contribution in [-0.4, -0.2) is 59.9 Å². The van der Waals surface area contributed by atoms with Gasteiger partial charge in [-0.05, 0) is 55.7 Å². The molecule has 1 aromatic heterocycles. The van der Waals surface area contributed by atoms with Crippen molar-refractivity contribution in [1.82, 2.24) is 9.55 Å². The number of esters is 1. The summed E-state index contributed by atoms with van der Waals surface area (Å²) in [6.07, 6.45) is -1.29. The van der Waals surface area contributed by atoms with Gasteiger partial charge in [0.15, 0.2) is 0 Å². The number of nitrogens with zero attached hydrogens (tertiary/aromatic N) is 2. The van der Waals surface area contributed by atoms with Gasteiger partial charge in [-0.3, -0.25) is 9.36 Å². The lowest BCUT2D eigenvalue weighted by atomic mass is 10.1. The van der Waals surface area contributed by atoms with Crippen LogP contribution in [0.4, 0.5) is 5.82 Å². The summed E-state index contributed by atoms with van der Waals surface area (Å²) in [6, 6.07) is 18.1. The van der Waals surface area contributed by atoms with E-state index in [1.54, 1.807) is 65.6 Å². The number of aromatic nitrogens is 2. The van der Waals surface area contributed by atoms with E-state index < -0.39 is 50.9 Å². The van der Waals surface area contributed by atoms with E-state index >= 15 is 0 Å². The average Bonchev–Trinajstić information content (AvgIpc) is 3.40. The van der Waals surface area contributed by atoms with Crippen molar-refractivity contribution in [3.05, 3.63) is 94.5 Å². The highest BCUT2D eigenvalue weighted by Gasteiger charge is 2.40. The molecule has 1 aliphatic heterocycles. The normalized spacial score (nSPS) is 18.1. The number of anilines is 1. The predicted octanol–water partition coefficient (Wildman–Crippen LogP) is 1.97. The molecule has 4 rings (SSSR count). The second kappa shape index (κ2) is 16.6. The Balaban J connectivity index is 0.000000616. The summed E-state index contributed by atoms with van der Waals surface area (Å²) in [5.41, 5.74) is -0.00596. The molecule has 0 aliphatic carbocycles. The van der Waals surface area contributed by atoms with Gasteiger partial charge in [-0.25, -0.2) is 9.59 Å². The number of hydrogen-bond acceptors (Lipinski definition) is 9. The number of ether oxygens (including phenoxy) is 2. The summed E-state index contributed by atoms with van der Waals surface area (Å²) in [5.74, 6) is -1.00. The van der Waals surface area contributed by atoms with Gasteiger partial charge in [-0.1, -0.05) is 36.4 Å². The fraction of sp³-hybridized carbons (Fsp3) is 0.379. The van der Waals surface area contributed by atoms with Crippen molar-refractivity contribution in [1.29, 1.82) is 0 Å². The Labute approximate surface area is 245 Å². The molecule has 4 atom stereocenters. The molecule has 12 nitrogen and oxygen atoms in total. The first-order chi connectivity index (χ1) is 20.2. The summed E-state index contributed by atoms with van der Waals surface area (Å²) in [4.78, 5) is 53.9. The quantitative estimate of drug-likeness (QED) is 0.249. The Morgan fingerprint density at radius 3 is 2.14 bits per heavy atom. The van der Waals surface area contributed by atoms with Gasteiger partial charge < -0.3 is 24.6 Å². The zero-order valence-electron chi connectivity index (χ0n) is 23.8. The first-order valence-corrected chi connectivity index (χ1v) is 14.8. The molecule has 0 spiro atoms. The van der Waals surface area contributed by atoms with Crippen molar-refractivity contribution in [2.24, 2.45) is 0 Å². The average molecular weight is 600 g/mol. The number of amides is 1. The number of benzene rings is 2. The zero-order chi connectivity index (χ0) is 30.5. The third-order valence-electron chi connectivity index (χ3n) is 6.71. The van der Waals surface area contributed by atoms with E-state index in [9.17, 15) is 23.8 Å². The van der Waals surface area contributed by atoms with E-state index in [1.807, 2.05) is 0 Å². The number of carbonyl (C=O) groups excluding carboxylic acids is 2. The van der Waals surface area contributed by atoms with Gasteiger partial charge in [-0.2, -0.15) is 4.98 Å². The molecule has 1 saturated heterocycles. The van der Waals surface area contributed by atoms with Crippen LogP contribution in [0.1, 0.15) is 54.1 Å². The molecule has 1 aliphatic rings. The van der Waals surface area contributed by atoms with Gasteiger partial charge in [0.25, 0.3) is 5.91 Å². The van der Waals surface area contributed by atoms with E-state index in [-0.39, 0.29) is 12.2 Å². The van der Waals surface area contributed by atoms with Crippen LogP contribution in [0.15, 0.2) is 77.7 Å². The molecule has 0 bridgehead atoms. The SMILES string of the molecule is CC[NH+](CC)CC.O=C(Nc1ccn([C@H]2C[C@H](OC(=O)c3ccccc3)[C@@H](CO[P+](=O)[O-])O2)c(=O)n1)c1ccccc1. The molecule has 42 heavy (non-hydrogen) atoms. The summed E-state index contributed by atoms with van der Waals surface area (Å²) in [7, 11) is -3.15. The highest BCUT2D eigenvalue weighted by molar-refractivity contribution is 7.30. The molecular weight excluding hydrogens is 563 g/mol. The summed E-state index contributed by atoms with van der Waals surface area (Å²) >= 11 is 0. The minimum Gasteiger partial charge on any atom is -0.566 e. The van der Waals surface area contributed by atoms with Crippen molar-refractivity contribution < 1.29 is 37.9 Å². The van der Waals surface area contributed by atoms with Crippen LogP contribution in [0.25, 0.3) is 0 Å². The second-order valence-electron chi connectivity index (χ2n) is 9.33. The Morgan fingerprint density at radius 1 is 1.02 bits per heavy atom. The zero-order valence-corrected chi connectivity index (χ0v) is 24.7. The van der Waals surface area contributed by atoms with Crippen molar-refractivity contribution in [2.75, 3.05) is 31.6 Å². The lowest BCUT2D eigenvalue weighted by Gasteiger charge is -2.16. The Hall–Kier alpha value is -3.80. The van der Waals surface area contributed by atoms with E-state index in [0.717, 1.165) is 0 Å². The maximum Gasteiger partial charge on any atom is 0.488 e. The van der Waals surface area contributed by atoms with Crippen LogP contribution < -0.4 is 20.8 Å². The molecule has 3 aromatic rings. The fourth-order valence-electron chi connectivity index (χ4n) is 4.29. The second-order valence-corrected chi connectivity index (χ2v) is 10.0. The number of quaternary nitrogens is 1. The highest BCUT2D eigenvalue weighted by atomic mass is 31.1. The lowest BCUT2D eigenvalue weighted by molar-refractivity contribution is -0.894. The van der Waals surface area contributed by atoms with Gasteiger partial charge >= 0.3 is 19.9 Å². The predicted molar refractivity (Wildman–Crippen MR) is 153 cm³/mol. The molecule has 2 heterocycles. The van der Waals surface area contributed by atoms with Crippen LogP contribution in [0.5, 0.6) is 0 Å². The molecule has 1 fully saturated rings. The molecule has 1 unspecified atom stereocenters. The smallest absolute Gasteiger partial charge is 0.488 e. The third-order valence-corrected chi connectivity index (χ3v) is 7.07. The van der Waals surface area contributed by atoms with Crippen LogP contribution in [0, 0.1) is 0 Å². The molecular formula is C29H36N4O8P+. The van der Waals surface area contributed by atoms with Crippen LogP contribution in [-0.2, 0) is 18.6 Å². The Morgan fingerprint density at radius 2 is 1.62 bits per heavy atom. The van der Waals surface area contributed by atoms with Gasteiger partial charge in [0, 0.05) is 18.2 Å². The summed E-state index contributed by atoms with van der Waals surface area (Å²) in [6.45, 7) is 10.1. The fourth-order valence-corrected chi connectivity index (χ4v) is 4.56. The number of rotatable bonds is 11.